The third-order valence-corrected chi connectivity index (χ3v) is 2.55. The molecule has 0 aromatic carbocycles. The fourth-order valence-electron chi connectivity index (χ4n) is 2.03. The van der Waals surface area contributed by atoms with E-state index in [1.807, 2.05) is 27.7 Å². The van der Waals surface area contributed by atoms with E-state index in [1.165, 1.54) is 0 Å². The van der Waals surface area contributed by atoms with Crippen LogP contribution in [-0.2, 0) is 9.53 Å². The maximum absolute atomic E-state index is 11.0. The summed E-state index contributed by atoms with van der Waals surface area (Å²) in [5.74, 6) is -0.343. The van der Waals surface area contributed by atoms with Crippen LogP contribution in [0.4, 0.5) is 0 Å². The Morgan fingerprint density at radius 1 is 1.50 bits per heavy atom. The Labute approximate surface area is 84.6 Å². The van der Waals surface area contributed by atoms with Crippen LogP contribution in [0, 0.1) is 0 Å². The largest absolute Gasteiger partial charge is 0.387 e. The minimum Gasteiger partial charge on any atom is -0.387 e. The summed E-state index contributed by atoms with van der Waals surface area (Å²) in [6, 6.07) is -0.0304. The number of rotatable bonds is 2. The van der Waals surface area contributed by atoms with Gasteiger partial charge in [-0.05, 0) is 34.1 Å². The van der Waals surface area contributed by atoms with Crippen LogP contribution in [-0.4, -0.2) is 34.9 Å². The van der Waals surface area contributed by atoms with Crippen molar-refractivity contribution in [3.63, 3.8) is 0 Å². The summed E-state index contributed by atoms with van der Waals surface area (Å²) in [7, 11) is 0. The van der Waals surface area contributed by atoms with Crippen molar-refractivity contribution in [2.45, 2.75) is 51.4 Å². The third kappa shape index (κ3) is 2.45. The lowest BCUT2D eigenvalue weighted by atomic mass is 9.94. The van der Waals surface area contributed by atoms with Crippen LogP contribution in [0.2, 0.25) is 0 Å². The number of carbonyl (C=O) groups is 1. The van der Waals surface area contributed by atoms with Crippen LogP contribution < -0.4 is 5.32 Å². The number of hydrogen-bond acceptors (Lipinski definition) is 3. The summed E-state index contributed by atoms with van der Waals surface area (Å²) in [5.41, 5.74) is -0.578. The number of aliphatic hydroxyl groups excluding tert-OH is 1. The normalized spacial score (nSPS) is 28.8. The van der Waals surface area contributed by atoms with Crippen molar-refractivity contribution >= 4 is 5.91 Å². The quantitative estimate of drug-likeness (QED) is 0.681. The molecule has 4 heteroatoms. The van der Waals surface area contributed by atoms with Gasteiger partial charge >= 0.3 is 0 Å². The molecule has 1 amide bonds. The predicted molar refractivity (Wildman–Crippen MR) is 52.9 cm³/mol. The number of amides is 1. The summed E-state index contributed by atoms with van der Waals surface area (Å²) in [6.45, 7) is 7.43. The Balaban J connectivity index is 2.66. The van der Waals surface area contributed by atoms with Gasteiger partial charge in [-0.3, -0.25) is 4.79 Å². The Bertz CT molecular complexity index is 236. The van der Waals surface area contributed by atoms with Crippen LogP contribution in [0.5, 0.6) is 0 Å². The molecule has 1 rings (SSSR count). The molecule has 82 valence electrons. The van der Waals surface area contributed by atoms with E-state index in [-0.39, 0.29) is 23.2 Å². The van der Waals surface area contributed by atoms with Crippen LogP contribution >= 0.6 is 0 Å². The maximum Gasteiger partial charge on any atom is 0.246 e. The van der Waals surface area contributed by atoms with Crippen LogP contribution in [0.15, 0.2) is 0 Å². The smallest absolute Gasteiger partial charge is 0.246 e. The first-order valence-corrected chi connectivity index (χ1v) is 4.87. The zero-order chi connectivity index (χ0) is 11.0. The molecular formula is C10H19NO3. The third-order valence-electron chi connectivity index (χ3n) is 2.55. The van der Waals surface area contributed by atoms with Crippen LogP contribution in [0.1, 0.15) is 34.1 Å². The summed E-state index contributed by atoms with van der Waals surface area (Å²) in [4.78, 5) is 11.0. The van der Waals surface area contributed by atoms with Gasteiger partial charge in [0, 0.05) is 0 Å². The first-order chi connectivity index (χ1) is 6.27. The van der Waals surface area contributed by atoms with Crippen LogP contribution in [0.3, 0.4) is 0 Å². The minimum atomic E-state index is -0.465. The lowest BCUT2D eigenvalue weighted by Gasteiger charge is -2.27. The molecule has 0 saturated carbocycles. The molecule has 0 aromatic rings. The van der Waals surface area contributed by atoms with E-state index in [0.717, 1.165) is 6.42 Å². The van der Waals surface area contributed by atoms with E-state index in [9.17, 15) is 4.79 Å². The van der Waals surface area contributed by atoms with Gasteiger partial charge in [0.05, 0.1) is 17.2 Å². The van der Waals surface area contributed by atoms with Gasteiger partial charge in [-0.15, -0.1) is 0 Å². The summed E-state index contributed by atoms with van der Waals surface area (Å²) in [6.07, 6.45) is 0.770. The van der Waals surface area contributed by atoms with Crippen molar-refractivity contribution in [2.75, 3.05) is 6.61 Å². The van der Waals surface area contributed by atoms with Gasteiger partial charge < -0.3 is 15.2 Å². The average molecular weight is 201 g/mol. The number of hydrogen-bond donors (Lipinski definition) is 2. The average Bonchev–Trinajstić information content (AvgIpc) is 2.19. The van der Waals surface area contributed by atoms with Gasteiger partial charge in [0.2, 0.25) is 5.91 Å². The summed E-state index contributed by atoms with van der Waals surface area (Å²) in [5, 5.41) is 11.4. The highest BCUT2D eigenvalue weighted by Gasteiger charge is 2.46. The molecule has 1 fully saturated rings. The highest BCUT2D eigenvalue weighted by Crippen LogP contribution is 2.37. The van der Waals surface area contributed by atoms with Gasteiger partial charge in [0.25, 0.3) is 0 Å². The molecule has 0 aromatic heterocycles. The highest BCUT2D eigenvalue weighted by atomic mass is 16.5. The topological polar surface area (TPSA) is 58.6 Å². The highest BCUT2D eigenvalue weighted by molar-refractivity contribution is 5.77. The molecule has 1 saturated heterocycles. The molecule has 1 atom stereocenters. The molecule has 2 N–H and O–H groups in total. The van der Waals surface area contributed by atoms with Gasteiger partial charge in [0.1, 0.15) is 6.61 Å². The number of aliphatic hydroxyl groups is 1. The van der Waals surface area contributed by atoms with E-state index in [2.05, 4.69) is 5.32 Å². The molecule has 0 spiro atoms. The van der Waals surface area contributed by atoms with Gasteiger partial charge in [0.15, 0.2) is 0 Å². The first-order valence-electron chi connectivity index (χ1n) is 4.87. The summed E-state index contributed by atoms with van der Waals surface area (Å²) < 4.78 is 5.80. The Morgan fingerprint density at radius 2 is 2.07 bits per heavy atom. The number of carbonyl (C=O) groups excluding carboxylic acids is 1. The van der Waals surface area contributed by atoms with E-state index >= 15 is 0 Å². The molecule has 1 aliphatic heterocycles. The van der Waals surface area contributed by atoms with Crippen molar-refractivity contribution in [2.24, 2.45) is 0 Å². The molecular weight excluding hydrogens is 182 g/mol. The monoisotopic (exact) mass is 201 g/mol. The fraction of sp³-hybridized carbons (Fsp3) is 0.900. The fourth-order valence-corrected chi connectivity index (χ4v) is 2.03. The van der Waals surface area contributed by atoms with E-state index < -0.39 is 6.61 Å². The Hall–Kier alpha value is -0.610. The van der Waals surface area contributed by atoms with Gasteiger partial charge in [-0.1, -0.05) is 0 Å². The van der Waals surface area contributed by atoms with Gasteiger partial charge in [-0.25, -0.2) is 0 Å². The second-order valence-corrected chi connectivity index (χ2v) is 4.95. The second kappa shape index (κ2) is 3.51. The van der Waals surface area contributed by atoms with Crippen molar-refractivity contribution in [3.8, 4) is 0 Å². The van der Waals surface area contributed by atoms with Crippen molar-refractivity contribution in [1.29, 1.82) is 0 Å². The van der Waals surface area contributed by atoms with Crippen LogP contribution in [0.25, 0.3) is 0 Å². The molecule has 4 nitrogen and oxygen atoms in total. The molecule has 0 radical (unpaired) electrons. The lowest BCUT2D eigenvalue weighted by molar-refractivity contribution is -0.126. The molecule has 1 aliphatic rings. The lowest BCUT2D eigenvalue weighted by Crippen LogP contribution is -2.47. The number of ether oxygens (including phenoxy) is 1. The summed E-state index contributed by atoms with van der Waals surface area (Å²) >= 11 is 0. The minimum absolute atomic E-state index is 0.0304. The van der Waals surface area contributed by atoms with Crippen molar-refractivity contribution in [3.05, 3.63) is 0 Å². The predicted octanol–water partition coefficient (Wildman–Crippen LogP) is 0.441. The standard InChI is InChI=1S/C10H19NO3/c1-9(2)5-7(10(3,4)14-9)11-8(13)6-12/h7,12H,5-6H2,1-4H3,(H,11,13). The van der Waals surface area contributed by atoms with Crippen molar-refractivity contribution < 1.29 is 14.6 Å². The van der Waals surface area contributed by atoms with Gasteiger partial charge in [-0.2, -0.15) is 0 Å². The second-order valence-electron chi connectivity index (χ2n) is 4.95. The van der Waals surface area contributed by atoms with E-state index in [4.69, 9.17) is 9.84 Å². The molecule has 0 aliphatic carbocycles. The first kappa shape index (κ1) is 11.5. The Morgan fingerprint density at radius 3 is 2.43 bits per heavy atom. The zero-order valence-corrected chi connectivity index (χ0v) is 9.26. The van der Waals surface area contributed by atoms with Crippen molar-refractivity contribution in [1.82, 2.24) is 5.32 Å². The molecule has 0 bridgehead atoms. The zero-order valence-electron chi connectivity index (χ0n) is 9.26. The number of nitrogens with one attached hydrogen (secondary N) is 1. The molecule has 1 heterocycles. The molecule has 1 unspecified atom stereocenters. The SMILES string of the molecule is CC1(C)CC(NC(=O)CO)C(C)(C)O1. The van der Waals surface area contributed by atoms with E-state index in [1.54, 1.807) is 0 Å². The Kier molecular flexibility index (Phi) is 2.88. The van der Waals surface area contributed by atoms with E-state index in [0.29, 0.717) is 0 Å². The molecule has 14 heavy (non-hydrogen) atoms. The maximum atomic E-state index is 11.0.